The van der Waals surface area contributed by atoms with E-state index in [1.165, 1.54) is 74.8 Å². The van der Waals surface area contributed by atoms with E-state index in [0.29, 0.717) is 0 Å². The second kappa shape index (κ2) is 12.0. The first-order valence-electron chi connectivity index (χ1n) is 15.6. The molecule has 0 aliphatic heterocycles. The van der Waals surface area contributed by atoms with Crippen LogP contribution in [0.15, 0.2) is 0 Å². The largest absolute Gasteiger partial charge is 0.210 e. The summed E-state index contributed by atoms with van der Waals surface area (Å²) >= 11 is 0. The van der Waals surface area contributed by atoms with Gasteiger partial charge in [0.1, 0.15) is 24.2 Å². The summed E-state index contributed by atoms with van der Waals surface area (Å²) in [5, 5.41) is 0. The summed E-state index contributed by atoms with van der Waals surface area (Å²) in [6, 6.07) is 7.24. The van der Waals surface area contributed by atoms with Crippen LogP contribution in [0.25, 0.3) is 0 Å². The molecule has 0 nitrogen and oxygen atoms in total. The molecule has 4 bridgehead atoms. The minimum atomic E-state index is -1.64. The predicted molar refractivity (Wildman–Crippen MR) is 172 cm³/mol. The Labute approximate surface area is 234 Å². The van der Waals surface area contributed by atoms with Crippen LogP contribution < -0.4 is 0 Å². The quantitative estimate of drug-likeness (QED) is 0.230. The molecule has 0 aromatic heterocycles. The zero-order valence-electron chi connectivity index (χ0n) is 25.7. The fourth-order valence-electron chi connectivity index (χ4n) is 7.44. The van der Waals surface area contributed by atoms with Crippen LogP contribution in [0.2, 0.25) is 55.9 Å². The second-order valence-corrected chi connectivity index (χ2v) is 28.5. The summed E-state index contributed by atoms with van der Waals surface area (Å²) in [6.45, 7) is 21.1. The minimum Gasteiger partial charge on any atom is -0.128 e. The van der Waals surface area contributed by atoms with Gasteiger partial charge in [-0.05, 0) is 92.5 Å². The van der Waals surface area contributed by atoms with Crippen molar-refractivity contribution < 1.29 is 0 Å². The number of hydrogen-bond donors (Lipinski definition) is 0. The molecule has 4 aliphatic rings. The SMILES string of the molecule is CC[Si](C#CC(C#CC12CC3CC(CC(C3)C1)C2)(C#C[Si](C)(C)C)C#C[Si](CC)(CC)CC)(CC)CC. The molecule has 0 heterocycles. The third kappa shape index (κ3) is 7.30. The minimum absolute atomic E-state index is 0.202. The molecular formula is C34H54Si3. The molecule has 0 N–H and O–H groups in total. The normalized spacial score (nSPS) is 26.6. The van der Waals surface area contributed by atoms with E-state index in [4.69, 9.17) is 0 Å². The summed E-state index contributed by atoms with van der Waals surface area (Å²) < 4.78 is 0. The summed E-state index contributed by atoms with van der Waals surface area (Å²) in [5.74, 6) is 21.9. The highest BCUT2D eigenvalue weighted by atomic mass is 28.3. The van der Waals surface area contributed by atoms with Crippen LogP contribution in [0.5, 0.6) is 0 Å². The molecule has 3 heteroatoms. The van der Waals surface area contributed by atoms with E-state index in [0.717, 1.165) is 17.8 Å². The standard InChI is InChI=1S/C34H54Si3/c1-10-36(11-2,12-3)22-19-33(18-21-35(7,8)9,20-23-37(13-4,14-5)15-6)16-17-34-27-30-24-31(28-34)26-32(25-30)29-34/h30-32H,10-15,24-29H2,1-9H3. The van der Waals surface area contributed by atoms with Gasteiger partial charge in [-0.2, -0.15) is 0 Å². The van der Waals surface area contributed by atoms with Crippen LogP contribution in [0.4, 0.5) is 0 Å². The third-order valence-electron chi connectivity index (χ3n) is 10.3. The average molecular weight is 547 g/mol. The molecule has 0 amide bonds. The van der Waals surface area contributed by atoms with Crippen molar-refractivity contribution in [2.45, 2.75) is 136 Å². The molecule has 4 saturated carbocycles. The third-order valence-corrected chi connectivity index (χ3v) is 20.6. The van der Waals surface area contributed by atoms with E-state index in [9.17, 15) is 0 Å². The van der Waals surface area contributed by atoms with Crippen molar-refractivity contribution in [3.05, 3.63) is 0 Å². The van der Waals surface area contributed by atoms with Crippen LogP contribution in [0.1, 0.15) is 80.1 Å². The summed E-state index contributed by atoms with van der Waals surface area (Å²) in [5.41, 5.74) is 11.0. The van der Waals surface area contributed by atoms with Crippen LogP contribution in [0.3, 0.4) is 0 Å². The Hall–Kier alpha value is -1.11. The van der Waals surface area contributed by atoms with Crippen molar-refractivity contribution in [3.63, 3.8) is 0 Å². The highest BCUT2D eigenvalue weighted by Gasteiger charge is 2.50. The van der Waals surface area contributed by atoms with Gasteiger partial charge in [-0.3, -0.25) is 0 Å². The Morgan fingerprint density at radius 1 is 0.568 bits per heavy atom. The van der Waals surface area contributed by atoms with E-state index >= 15 is 0 Å². The Kier molecular flexibility index (Phi) is 9.84. The maximum absolute atomic E-state index is 3.97. The Balaban J connectivity index is 2.22. The first-order chi connectivity index (χ1) is 17.4. The lowest BCUT2D eigenvalue weighted by Gasteiger charge is -2.54. The van der Waals surface area contributed by atoms with E-state index in [1.807, 2.05) is 0 Å². The molecule has 4 fully saturated rings. The van der Waals surface area contributed by atoms with Gasteiger partial charge >= 0.3 is 0 Å². The topological polar surface area (TPSA) is 0 Å². The van der Waals surface area contributed by atoms with Gasteiger partial charge in [0.05, 0.1) is 0 Å². The van der Waals surface area contributed by atoms with Crippen LogP contribution >= 0.6 is 0 Å². The molecule has 0 atom stereocenters. The van der Waals surface area contributed by atoms with E-state index in [1.54, 1.807) is 0 Å². The van der Waals surface area contributed by atoms with Crippen molar-refractivity contribution >= 4 is 24.2 Å². The van der Waals surface area contributed by atoms with Gasteiger partial charge in [0, 0.05) is 5.41 Å². The van der Waals surface area contributed by atoms with E-state index < -0.39 is 29.6 Å². The first-order valence-corrected chi connectivity index (χ1v) is 24.3. The molecule has 0 radical (unpaired) electrons. The maximum Gasteiger partial charge on any atom is 0.210 e. The highest BCUT2D eigenvalue weighted by molar-refractivity contribution is 6.87. The first kappa shape index (κ1) is 30.4. The van der Waals surface area contributed by atoms with Gasteiger partial charge in [-0.25, -0.2) is 0 Å². The summed E-state index contributed by atoms with van der Waals surface area (Å²) in [6.07, 6.45) is 8.28. The summed E-state index contributed by atoms with van der Waals surface area (Å²) in [4.78, 5) is 0. The second-order valence-electron chi connectivity index (χ2n) is 13.9. The van der Waals surface area contributed by atoms with Crippen molar-refractivity contribution in [1.29, 1.82) is 0 Å². The van der Waals surface area contributed by atoms with Crippen LogP contribution in [-0.2, 0) is 0 Å². The van der Waals surface area contributed by atoms with E-state index in [2.05, 4.69) is 107 Å². The predicted octanol–water partition coefficient (Wildman–Crippen LogP) is 9.18. The lowest BCUT2D eigenvalue weighted by Crippen LogP contribution is -2.45. The highest BCUT2D eigenvalue weighted by Crippen LogP contribution is 2.59. The molecule has 37 heavy (non-hydrogen) atoms. The average Bonchev–Trinajstić information content (AvgIpc) is 2.87. The lowest BCUT2D eigenvalue weighted by molar-refractivity contribution is -0.0182. The Bertz CT molecular complexity index is 962. The monoisotopic (exact) mass is 546 g/mol. The lowest BCUT2D eigenvalue weighted by atomic mass is 9.50. The number of rotatable bonds is 6. The molecule has 4 aliphatic carbocycles. The molecular weight excluding hydrogens is 493 g/mol. The molecule has 0 aromatic carbocycles. The van der Waals surface area contributed by atoms with Crippen molar-refractivity contribution in [1.82, 2.24) is 0 Å². The molecule has 0 unspecified atom stereocenters. The zero-order chi connectivity index (χ0) is 27.4. The molecule has 0 saturated heterocycles. The molecule has 0 aromatic rings. The zero-order valence-corrected chi connectivity index (χ0v) is 28.7. The van der Waals surface area contributed by atoms with Gasteiger partial charge in [0.15, 0.2) is 0 Å². The maximum atomic E-state index is 3.97. The Morgan fingerprint density at radius 2 is 0.919 bits per heavy atom. The van der Waals surface area contributed by atoms with Crippen LogP contribution in [-0.4, -0.2) is 24.2 Å². The van der Waals surface area contributed by atoms with Gasteiger partial charge in [0.25, 0.3) is 0 Å². The Morgan fingerprint density at radius 3 is 1.24 bits per heavy atom. The van der Waals surface area contributed by atoms with Crippen molar-refractivity contribution in [2.75, 3.05) is 0 Å². The van der Waals surface area contributed by atoms with Crippen molar-refractivity contribution in [2.24, 2.45) is 28.6 Å². The van der Waals surface area contributed by atoms with Crippen LogP contribution in [0, 0.1) is 74.8 Å². The van der Waals surface area contributed by atoms with Gasteiger partial charge < -0.3 is 0 Å². The van der Waals surface area contributed by atoms with Gasteiger partial charge in [0.2, 0.25) is 5.41 Å². The summed E-state index contributed by atoms with van der Waals surface area (Å²) in [7, 11) is -4.89. The molecule has 0 spiro atoms. The van der Waals surface area contributed by atoms with Gasteiger partial charge in [-0.15, -0.1) is 16.6 Å². The fraction of sp³-hybridized carbons (Fsp3) is 0.765. The van der Waals surface area contributed by atoms with Crippen molar-refractivity contribution in [3.8, 4) is 46.2 Å². The molecule has 4 rings (SSSR count). The smallest absolute Gasteiger partial charge is 0.128 e. The number of hydrogen-bond acceptors (Lipinski definition) is 0. The van der Waals surface area contributed by atoms with Gasteiger partial charge in [-0.1, -0.05) is 90.8 Å². The van der Waals surface area contributed by atoms with E-state index in [-0.39, 0.29) is 5.41 Å². The fourth-order valence-corrected chi connectivity index (χ4v) is 13.0. The molecule has 202 valence electrons.